The molecule has 0 unspecified atom stereocenters. The summed E-state index contributed by atoms with van der Waals surface area (Å²) < 4.78 is 0. The van der Waals surface area contributed by atoms with E-state index >= 15 is 0 Å². The molecule has 0 aromatic rings. The first-order valence-corrected chi connectivity index (χ1v) is 3.27. The number of hydrogen-bond donors (Lipinski definition) is 1. The predicted octanol–water partition coefficient (Wildman–Crippen LogP) is 1.98. The summed E-state index contributed by atoms with van der Waals surface area (Å²) in [6.45, 7) is 3.55. The number of carbonyl (C=O) groups is 1. The molecule has 0 amide bonds. The number of allylic oxidation sites excluding steroid dienone is 2. The van der Waals surface area contributed by atoms with Crippen molar-refractivity contribution in [2.45, 2.75) is 19.3 Å². The summed E-state index contributed by atoms with van der Waals surface area (Å²) in [7, 11) is 0. The lowest BCUT2D eigenvalue weighted by molar-refractivity contribution is -0.131. The maximum absolute atomic E-state index is 9.93. The van der Waals surface area contributed by atoms with E-state index in [0.29, 0.717) is 0 Å². The lowest BCUT2D eigenvalue weighted by Gasteiger charge is -1.86. The molecule has 0 spiro atoms. The van der Waals surface area contributed by atoms with Gasteiger partial charge in [0.05, 0.1) is 0 Å². The normalized spacial score (nSPS) is 10.0. The molecule has 0 bridgehead atoms. The largest absolute Gasteiger partial charge is 0.478 e. The summed E-state index contributed by atoms with van der Waals surface area (Å²) in [6, 6.07) is 0. The Labute approximate surface area is 60.9 Å². The highest BCUT2D eigenvalue weighted by atomic mass is 16.4. The van der Waals surface area contributed by atoms with Crippen molar-refractivity contribution in [3.63, 3.8) is 0 Å². The molecule has 0 aromatic carbocycles. The smallest absolute Gasteiger partial charge is 0.327 e. The van der Waals surface area contributed by atoms with Gasteiger partial charge in [0.25, 0.3) is 0 Å². The van der Waals surface area contributed by atoms with Crippen LogP contribution in [0.1, 0.15) is 19.3 Å². The Morgan fingerprint density at radius 3 is 2.70 bits per heavy atom. The fourth-order valence-electron chi connectivity index (χ4n) is 0.564. The molecular formula is C8H12O2. The summed E-state index contributed by atoms with van der Waals surface area (Å²) >= 11 is 0. The van der Waals surface area contributed by atoms with Crippen LogP contribution in [0.15, 0.2) is 24.8 Å². The Hall–Kier alpha value is -1.05. The first-order chi connectivity index (χ1) is 4.77. The van der Waals surface area contributed by atoms with Crippen molar-refractivity contribution in [2.75, 3.05) is 0 Å². The van der Waals surface area contributed by atoms with Gasteiger partial charge in [0.2, 0.25) is 0 Å². The van der Waals surface area contributed by atoms with Gasteiger partial charge in [0, 0.05) is 6.08 Å². The van der Waals surface area contributed by atoms with E-state index in [1.165, 1.54) is 6.08 Å². The Kier molecular flexibility index (Phi) is 5.44. The van der Waals surface area contributed by atoms with Crippen molar-refractivity contribution >= 4 is 5.97 Å². The summed E-state index contributed by atoms with van der Waals surface area (Å²) in [5.74, 6) is -0.876. The van der Waals surface area contributed by atoms with Crippen molar-refractivity contribution in [1.29, 1.82) is 0 Å². The fourth-order valence-corrected chi connectivity index (χ4v) is 0.564. The molecule has 0 radical (unpaired) electrons. The van der Waals surface area contributed by atoms with E-state index in [1.807, 2.05) is 6.08 Å². The molecule has 10 heavy (non-hydrogen) atoms. The second-order valence-electron chi connectivity index (χ2n) is 1.96. The van der Waals surface area contributed by atoms with Crippen LogP contribution in [0, 0.1) is 0 Å². The maximum Gasteiger partial charge on any atom is 0.327 e. The third-order valence-electron chi connectivity index (χ3n) is 1.04. The molecule has 1 N–H and O–H groups in total. The van der Waals surface area contributed by atoms with Gasteiger partial charge in [-0.3, -0.25) is 0 Å². The van der Waals surface area contributed by atoms with Crippen molar-refractivity contribution < 1.29 is 9.90 Å². The molecule has 0 heterocycles. The van der Waals surface area contributed by atoms with E-state index in [1.54, 1.807) is 6.08 Å². The van der Waals surface area contributed by atoms with Crippen molar-refractivity contribution in [2.24, 2.45) is 0 Å². The second kappa shape index (κ2) is 6.08. The van der Waals surface area contributed by atoms with E-state index in [2.05, 4.69) is 6.58 Å². The minimum Gasteiger partial charge on any atom is -0.478 e. The molecule has 0 saturated heterocycles. The number of hydrogen-bond acceptors (Lipinski definition) is 1. The van der Waals surface area contributed by atoms with Gasteiger partial charge in [-0.05, 0) is 19.3 Å². The van der Waals surface area contributed by atoms with Crippen LogP contribution in [0.4, 0.5) is 0 Å². The number of carboxylic acids is 1. The second-order valence-corrected chi connectivity index (χ2v) is 1.96. The van der Waals surface area contributed by atoms with Crippen molar-refractivity contribution in [3.8, 4) is 0 Å². The average Bonchev–Trinajstić information content (AvgIpc) is 1.87. The highest BCUT2D eigenvalue weighted by Gasteiger charge is 1.83. The van der Waals surface area contributed by atoms with Crippen LogP contribution < -0.4 is 0 Å². The summed E-state index contributed by atoms with van der Waals surface area (Å²) in [5, 5.41) is 8.16. The van der Waals surface area contributed by atoms with Gasteiger partial charge in [0.1, 0.15) is 0 Å². The number of aliphatic carboxylic acids is 1. The lowest BCUT2D eigenvalue weighted by atomic mass is 10.2. The van der Waals surface area contributed by atoms with Crippen molar-refractivity contribution in [1.82, 2.24) is 0 Å². The summed E-state index contributed by atoms with van der Waals surface area (Å²) in [5.41, 5.74) is 0. The molecule has 0 aliphatic rings. The minimum absolute atomic E-state index is 0.818. The van der Waals surface area contributed by atoms with Crippen LogP contribution >= 0.6 is 0 Å². The fraction of sp³-hybridized carbons (Fsp3) is 0.375. The molecule has 2 heteroatoms. The Morgan fingerprint density at radius 2 is 2.20 bits per heavy atom. The Balaban J connectivity index is 3.18. The zero-order valence-corrected chi connectivity index (χ0v) is 5.92. The molecule has 0 aliphatic heterocycles. The first kappa shape index (κ1) is 8.95. The highest BCUT2D eigenvalue weighted by Crippen LogP contribution is 1.95. The molecule has 0 rings (SSSR count). The SMILES string of the molecule is C=CCCCC=CC(=O)O. The zero-order valence-electron chi connectivity index (χ0n) is 5.92. The lowest BCUT2D eigenvalue weighted by Crippen LogP contribution is -1.85. The van der Waals surface area contributed by atoms with Crippen LogP contribution in [0.25, 0.3) is 0 Å². The number of rotatable bonds is 5. The van der Waals surface area contributed by atoms with Crippen LogP contribution in [-0.4, -0.2) is 11.1 Å². The highest BCUT2D eigenvalue weighted by molar-refractivity contribution is 5.79. The molecule has 0 aliphatic carbocycles. The van der Waals surface area contributed by atoms with Crippen molar-refractivity contribution in [3.05, 3.63) is 24.8 Å². The van der Waals surface area contributed by atoms with Crippen LogP contribution in [0.2, 0.25) is 0 Å². The molecule has 0 fully saturated rings. The predicted molar refractivity (Wildman–Crippen MR) is 40.8 cm³/mol. The van der Waals surface area contributed by atoms with E-state index in [0.717, 1.165) is 19.3 Å². The van der Waals surface area contributed by atoms with Gasteiger partial charge in [-0.1, -0.05) is 12.2 Å². The molecule has 56 valence electrons. The molecular weight excluding hydrogens is 128 g/mol. The number of unbranched alkanes of at least 4 members (excludes halogenated alkanes) is 2. The van der Waals surface area contributed by atoms with E-state index in [-0.39, 0.29) is 0 Å². The van der Waals surface area contributed by atoms with Gasteiger partial charge in [0.15, 0.2) is 0 Å². The van der Waals surface area contributed by atoms with E-state index in [9.17, 15) is 4.79 Å². The standard InChI is InChI=1S/C8H12O2/c1-2-3-4-5-6-7-8(9)10/h2,6-7H,1,3-5H2,(H,9,10). The van der Waals surface area contributed by atoms with E-state index < -0.39 is 5.97 Å². The monoisotopic (exact) mass is 140 g/mol. The average molecular weight is 140 g/mol. The van der Waals surface area contributed by atoms with Gasteiger partial charge in [-0.15, -0.1) is 6.58 Å². The Bertz CT molecular complexity index is 136. The van der Waals surface area contributed by atoms with Crippen LogP contribution in [0.5, 0.6) is 0 Å². The molecule has 0 saturated carbocycles. The zero-order chi connectivity index (χ0) is 7.82. The number of carboxylic acid groups (broad SMARTS) is 1. The minimum atomic E-state index is -0.876. The van der Waals surface area contributed by atoms with Gasteiger partial charge < -0.3 is 5.11 Å². The third kappa shape index (κ3) is 6.95. The maximum atomic E-state index is 9.93. The Morgan fingerprint density at radius 1 is 1.50 bits per heavy atom. The first-order valence-electron chi connectivity index (χ1n) is 3.27. The third-order valence-corrected chi connectivity index (χ3v) is 1.04. The molecule has 0 aromatic heterocycles. The quantitative estimate of drug-likeness (QED) is 0.360. The molecule has 2 nitrogen and oxygen atoms in total. The van der Waals surface area contributed by atoms with E-state index in [4.69, 9.17) is 5.11 Å². The topological polar surface area (TPSA) is 37.3 Å². The van der Waals surface area contributed by atoms with Gasteiger partial charge in [-0.25, -0.2) is 4.79 Å². The van der Waals surface area contributed by atoms with Gasteiger partial charge >= 0.3 is 5.97 Å². The summed E-state index contributed by atoms with van der Waals surface area (Å²) in [6.07, 6.45) is 7.40. The molecule has 0 atom stereocenters. The summed E-state index contributed by atoms with van der Waals surface area (Å²) in [4.78, 5) is 9.93. The van der Waals surface area contributed by atoms with Crippen LogP contribution in [-0.2, 0) is 4.79 Å². The van der Waals surface area contributed by atoms with Crippen LogP contribution in [0.3, 0.4) is 0 Å². The van der Waals surface area contributed by atoms with Gasteiger partial charge in [-0.2, -0.15) is 0 Å².